The van der Waals surface area contributed by atoms with Crippen molar-refractivity contribution >= 4 is 0 Å². The Bertz CT molecular complexity index is 447. The van der Waals surface area contributed by atoms with Gasteiger partial charge in [-0.2, -0.15) is 0 Å². The predicted octanol–water partition coefficient (Wildman–Crippen LogP) is 2.66. The maximum Gasteiger partial charge on any atom is 0.154 e. The van der Waals surface area contributed by atoms with Crippen molar-refractivity contribution in [2.45, 2.75) is 20.8 Å². The topological polar surface area (TPSA) is 38.9 Å². The Morgan fingerprint density at radius 1 is 1.00 bits per heavy atom. The molecule has 0 saturated carbocycles. The molecule has 0 N–H and O–H groups in total. The Hall–Kier alpha value is -1.64. The fourth-order valence-electron chi connectivity index (χ4n) is 1.36. The van der Waals surface area contributed by atoms with Gasteiger partial charge in [-0.25, -0.2) is 4.98 Å². The summed E-state index contributed by atoms with van der Waals surface area (Å²) in [5.41, 5.74) is 3.65. The van der Waals surface area contributed by atoms with Crippen molar-refractivity contribution in [1.82, 2.24) is 9.97 Å². The van der Waals surface area contributed by atoms with E-state index in [0.29, 0.717) is 0 Å². The van der Waals surface area contributed by atoms with Gasteiger partial charge in [0.05, 0.1) is 23.3 Å². The van der Waals surface area contributed by atoms with Crippen molar-refractivity contribution in [3.05, 3.63) is 35.5 Å². The smallest absolute Gasteiger partial charge is 0.154 e. The van der Waals surface area contributed by atoms with Gasteiger partial charge < -0.3 is 4.42 Å². The highest BCUT2D eigenvalue weighted by Crippen LogP contribution is 2.21. The van der Waals surface area contributed by atoms with Crippen LogP contribution in [-0.4, -0.2) is 9.97 Å². The Balaban J connectivity index is 2.60. The van der Waals surface area contributed by atoms with Crippen molar-refractivity contribution in [2.75, 3.05) is 0 Å². The van der Waals surface area contributed by atoms with Crippen molar-refractivity contribution in [3.8, 4) is 11.5 Å². The first kappa shape index (κ1) is 8.94. The molecular weight excluding hydrogens is 176 g/mol. The maximum absolute atomic E-state index is 5.29. The number of hydrogen-bond acceptors (Lipinski definition) is 3. The number of rotatable bonds is 1. The number of nitrogens with zero attached hydrogens (tertiary/aromatic N) is 2. The van der Waals surface area contributed by atoms with Crippen molar-refractivity contribution < 1.29 is 4.42 Å². The molecule has 0 aliphatic heterocycles. The van der Waals surface area contributed by atoms with Gasteiger partial charge in [0.15, 0.2) is 5.76 Å². The molecular formula is C11H12N2O. The second-order valence-electron chi connectivity index (χ2n) is 3.31. The highest BCUT2D eigenvalue weighted by atomic mass is 16.3. The Labute approximate surface area is 82.8 Å². The molecule has 2 aromatic rings. The molecule has 3 heteroatoms. The molecule has 0 saturated heterocycles. The van der Waals surface area contributed by atoms with Crippen LogP contribution in [-0.2, 0) is 0 Å². The molecule has 2 heterocycles. The summed E-state index contributed by atoms with van der Waals surface area (Å²) in [5.74, 6) is 0.776. The third kappa shape index (κ3) is 1.41. The molecule has 0 radical (unpaired) electrons. The van der Waals surface area contributed by atoms with Crippen molar-refractivity contribution in [2.24, 2.45) is 0 Å². The fourth-order valence-corrected chi connectivity index (χ4v) is 1.36. The quantitative estimate of drug-likeness (QED) is 0.690. The Morgan fingerprint density at radius 3 is 2.36 bits per heavy atom. The lowest BCUT2D eigenvalue weighted by Crippen LogP contribution is -1.98. The van der Waals surface area contributed by atoms with Crippen LogP contribution >= 0.6 is 0 Å². The van der Waals surface area contributed by atoms with E-state index in [4.69, 9.17) is 4.42 Å². The second kappa shape index (κ2) is 3.25. The minimum absolute atomic E-state index is 0.776. The maximum atomic E-state index is 5.29. The minimum atomic E-state index is 0.776. The van der Waals surface area contributed by atoms with E-state index in [1.807, 2.05) is 32.9 Å². The molecule has 0 bridgehead atoms. The number of aryl methyl sites for hydroxylation is 3. The number of furan rings is 1. The van der Waals surface area contributed by atoms with Crippen LogP contribution in [0.3, 0.4) is 0 Å². The molecule has 0 spiro atoms. The van der Waals surface area contributed by atoms with Crippen LogP contribution in [0.1, 0.15) is 17.1 Å². The van der Waals surface area contributed by atoms with Gasteiger partial charge in [-0.3, -0.25) is 4.98 Å². The first-order chi connectivity index (χ1) is 6.68. The second-order valence-corrected chi connectivity index (χ2v) is 3.31. The molecule has 0 amide bonds. The summed E-state index contributed by atoms with van der Waals surface area (Å²) in [4.78, 5) is 8.87. The van der Waals surface area contributed by atoms with E-state index in [0.717, 1.165) is 28.5 Å². The molecule has 0 unspecified atom stereocenters. The third-order valence-electron chi connectivity index (χ3n) is 2.24. The lowest BCUT2D eigenvalue weighted by Gasteiger charge is -2.04. The molecule has 3 nitrogen and oxygen atoms in total. The minimum Gasteiger partial charge on any atom is -0.463 e. The standard InChI is InChI=1S/C11H12N2O/c1-7-8(2)13-11(9(3)12-7)10-5-4-6-14-10/h4-6H,1-3H3. The lowest BCUT2D eigenvalue weighted by molar-refractivity contribution is 0.578. The largest absolute Gasteiger partial charge is 0.463 e. The van der Waals surface area contributed by atoms with Crippen LogP contribution in [0.25, 0.3) is 11.5 Å². The average molecular weight is 188 g/mol. The molecule has 0 aliphatic carbocycles. The Kier molecular flexibility index (Phi) is 2.08. The number of hydrogen-bond donors (Lipinski definition) is 0. The summed E-state index contributed by atoms with van der Waals surface area (Å²) >= 11 is 0. The van der Waals surface area contributed by atoms with Crippen LogP contribution in [0, 0.1) is 20.8 Å². The van der Waals surface area contributed by atoms with Gasteiger partial charge >= 0.3 is 0 Å². The van der Waals surface area contributed by atoms with E-state index in [2.05, 4.69) is 9.97 Å². The summed E-state index contributed by atoms with van der Waals surface area (Å²) in [6.07, 6.45) is 1.64. The van der Waals surface area contributed by atoms with E-state index in [1.165, 1.54) is 0 Å². The van der Waals surface area contributed by atoms with Crippen LogP contribution < -0.4 is 0 Å². The van der Waals surface area contributed by atoms with Gasteiger partial charge in [0, 0.05) is 0 Å². The highest BCUT2D eigenvalue weighted by molar-refractivity contribution is 5.54. The molecule has 0 fully saturated rings. The van der Waals surface area contributed by atoms with Gasteiger partial charge in [-0.05, 0) is 32.9 Å². The van der Waals surface area contributed by atoms with E-state index in [9.17, 15) is 0 Å². The van der Waals surface area contributed by atoms with E-state index in [-0.39, 0.29) is 0 Å². The van der Waals surface area contributed by atoms with Gasteiger partial charge in [0.2, 0.25) is 0 Å². The van der Waals surface area contributed by atoms with Gasteiger partial charge in [-0.1, -0.05) is 0 Å². The average Bonchev–Trinajstić information content (AvgIpc) is 2.64. The zero-order valence-corrected chi connectivity index (χ0v) is 8.53. The summed E-state index contributed by atoms with van der Waals surface area (Å²) in [5, 5.41) is 0. The molecule has 0 aromatic carbocycles. The van der Waals surface area contributed by atoms with E-state index < -0.39 is 0 Å². The molecule has 0 aliphatic rings. The van der Waals surface area contributed by atoms with Crippen LogP contribution in [0.5, 0.6) is 0 Å². The van der Waals surface area contributed by atoms with Crippen molar-refractivity contribution in [3.63, 3.8) is 0 Å². The van der Waals surface area contributed by atoms with Gasteiger partial charge in [0.25, 0.3) is 0 Å². The summed E-state index contributed by atoms with van der Waals surface area (Å²) in [7, 11) is 0. The van der Waals surface area contributed by atoms with Crippen LogP contribution in [0.4, 0.5) is 0 Å². The predicted molar refractivity (Wildman–Crippen MR) is 53.9 cm³/mol. The molecule has 14 heavy (non-hydrogen) atoms. The highest BCUT2D eigenvalue weighted by Gasteiger charge is 2.09. The SMILES string of the molecule is Cc1nc(C)c(-c2ccco2)nc1C. The monoisotopic (exact) mass is 188 g/mol. The first-order valence-corrected chi connectivity index (χ1v) is 4.54. The molecule has 2 rings (SSSR count). The molecule has 72 valence electrons. The third-order valence-corrected chi connectivity index (χ3v) is 2.24. The zero-order valence-electron chi connectivity index (χ0n) is 8.53. The van der Waals surface area contributed by atoms with Crippen LogP contribution in [0.2, 0.25) is 0 Å². The summed E-state index contributed by atoms with van der Waals surface area (Å²) in [6.45, 7) is 5.85. The first-order valence-electron chi connectivity index (χ1n) is 4.54. The van der Waals surface area contributed by atoms with Gasteiger partial charge in [-0.15, -0.1) is 0 Å². The van der Waals surface area contributed by atoms with Crippen molar-refractivity contribution in [1.29, 1.82) is 0 Å². The summed E-state index contributed by atoms with van der Waals surface area (Å²) < 4.78 is 5.29. The normalized spacial score (nSPS) is 10.5. The molecule has 0 atom stereocenters. The number of aromatic nitrogens is 2. The van der Waals surface area contributed by atoms with Gasteiger partial charge in [0.1, 0.15) is 5.69 Å². The Morgan fingerprint density at radius 2 is 1.71 bits per heavy atom. The fraction of sp³-hybridized carbons (Fsp3) is 0.273. The lowest BCUT2D eigenvalue weighted by atomic mass is 10.2. The van der Waals surface area contributed by atoms with E-state index >= 15 is 0 Å². The summed E-state index contributed by atoms with van der Waals surface area (Å²) in [6, 6.07) is 3.75. The zero-order chi connectivity index (χ0) is 10.1. The van der Waals surface area contributed by atoms with E-state index in [1.54, 1.807) is 6.26 Å². The molecule has 2 aromatic heterocycles. The van der Waals surface area contributed by atoms with Crippen LogP contribution in [0.15, 0.2) is 22.8 Å².